The van der Waals surface area contributed by atoms with Crippen molar-refractivity contribution in [2.45, 2.75) is 19.2 Å². The van der Waals surface area contributed by atoms with E-state index >= 15 is 0 Å². The summed E-state index contributed by atoms with van der Waals surface area (Å²) in [5.74, 6) is 1.52. The van der Waals surface area contributed by atoms with Crippen LogP contribution in [0.25, 0.3) is 0 Å². The third kappa shape index (κ3) is 3.29. The molecule has 2 aromatic carbocycles. The van der Waals surface area contributed by atoms with Crippen LogP contribution < -0.4 is 9.47 Å². The van der Waals surface area contributed by atoms with Gasteiger partial charge in [-0.2, -0.15) is 0 Å². The Labute approximate surface area is 146 Å². The monoisotopic (exact) mass is 349 g/mol. The fourth-order valence-corrected chi connectivity index (χ4v) is 3.50. The molecule has 0 amide bonds. The highest BCUT2D eigenvalue weighted by molar-refractivity contribution is 6.30. The Bertz CT molecular complexity index is 730. The van der Waals surface area contributed by atoms with Crippen molar-refractivity contribution in [1.82, 2.24) is 4.90 Å². The highest BCUT2D eigenvalue weighted by Gasteiger charge is 2.29. The number of ether oxygens (including phenoxy) is 2. The zero-order valence-corrected chi connectivity index (χ0v) is 14.4. The van der Waals surface area contributed by atoms with E-state index in [1.54, 1.807) is 20.3 Å². The zero-order chi connectivity index (χ0) is 17.3. The molecular formula is C18H20ClNO4. The molecule has 1 unspecified atom stereocenters. The number of halogens is 1. The average Bonchev–Trinajstić information content (AvgIpc) is 2.52. The van der Waals surface area contributed by atoms with Crippen LogP contribution in [0.15, 0.2) is 30.3 Å². The fourth-order valence-electron chi connectivity index (χ4n) is 3.25. The van der Waals surface area contributed by atoms with Gasteiger partial charge in [0.25, 0.3) is 0 Å². The molecule has 1 aliphatic rings. The van der Waals surface area contributed by atoms with E-state index < -0.39 is 6.10 Å². The van der Waals surface area contributed by atoms with Crippen molar-refractivity contribution >= 4 is 11.6 Å². The molecule has 0 radical (unpaired) electrons. The minimum atomic E-state index is -0.674. The summed E-state index contributed by atoms with van der Waals surface area (Å²) >= 11 is 6.00. The summed E-state index contributed by atoms with van der Waals surface area (Å²) in [7, 11) is 3.21. The van der Waals surface area contributed by atoms with E-state index in [1.165, 1.54) is 6.07 Å². The van der Waals surface area contributed by atoms with Crippen LogP contribution in [-0.4, -0.2) is 35.9 Å². The van der Waals surface area contributed by atoms with Gasteiger partial charge in [0.15, 0.2) is 0 Å². The first kappa shape index (κ1) is 16.9. The van der Waals surface area contributed by atoms with Crippen molar-refractivity contribution in [2.75, 3.05) is 20.8 Å². The van der Waals surface area contributed by atoms with Gasteiger partial charge in [0, 0.05) is 35.8 Å². The first-order chi connectivity index (χ1) is 11.5. The van der Waals surface area contributed by atoms with E-state index in [1.807, 2.05) is 18.2 Å². The smallest absolute Gasteiger partial charge is 0.125 e. The zero-order valence-electron chi connectivity index (χ0n) is 13.6. The molecular weight excluding hydrogens is 330 g/mol. The molecule has 1 aliphatic heterocycles. The third-order valence-corrected chi connectivity index (χ3v) is 4.43. The first-order valence-corrected chi connectivity index (χ1v) is 8.02. The van der Waals surface area contributed by atoms with Crippen molar-refractivity contribution in [3.8, 4) is 17.2 Å². The molecule has 2 N–H and O–H groups in total. The van der Waals surface area contributed by atoms with E-state index in [0.717, 1.165) is 22.4 Å². The van der Waals surface area contributed by atoms with Gasteiger partial charge in [0.2, 0.25) is 0 Å². The number of aliphatic hydroxyl groups is 1. The molecule has 0 fully saturated rings. The van der Waals surface area contributed by atoms with Crippen LogP contribution in [0.5, 0.6) is 17.2 Å². The van der Waals surface area contributed by atoms with E-state index in [9.17, 15) is 10.2 Å². The lowest BCUT2D eigenvalue weighted by molar-refractivity contribution is 0.0843. The summed E-state index contributed by atoms with van der Waals surface area (Å²) in [4.78, 5) is 2.08. The summed E-state index contributed by atoms with van der Waals surface area (Å²) in [6, 6.07) is 8.65. The highest BCUT2D eigenvalue weighted by atomic mass is 35.5. The van der Waals surface area contributed by atoms with Gasteiger partial charge in [-0.25, -0.2) is 0 Å². The Morgan fingerprint density at radius 1 is 1.17 bits per heavy atom. The SMILES string of the molecule is COc1ccc(OC)c2c1CN(Cc1cc(O)cc(Cl)c1)CC2O. The van der Waals surface area contributed by atoms with Crippen molar-refractivity contribution in [3.63, 3.8) is 0 Å². The summed E-state index contributed by atoms with van der Waals surface area (Å²) in [5, 5.41) is 20.8. The van der Waals surface area contributed by atoms with E-state index in [0.29, 0.717) is 30.4 Å². The largest absolute Gasteiger partial charge is 0.508 e. The maximum absolute atomic E-state index is 10.6. The molecule has 1 atom stereocenters. The number of aliphatic hydroxyl groups excluding tert-OH is 1. The van der Waals surface area contributed by atoms with Crippen LogP contribution in [0.2, 0.25) is 5.02 Å². The number of nitrogens with zero attached hydrogens (tertiary/aromatic N) is 1. The van der Waals surface area contributed by atoms with E-state index in [-0.39, 0.29) is 5.75 Å². The molecule has 0 bridgehead atoms. The molecule has 1 heterocycles. The predicted molar refractivity (Wildman–Crippen MR) is 91.7 cm³/mol. The Kier molecular flexibility index (Phi) is 4.85. The highest BCUT2D eigenvalue weighted by Crippen LogP contribution is 2.39. The molecule has 0 spiro atoms. The number of fused-ring (bicyclic) bond motifs is 1. The molecule has 128 valence electrons. The van der Waals surface area contributed by atoms with E-state index in [2.05, 4.69) is 4.90 Å². The summed E-state index contributed by atoms with van der Waals surface area (Å²) < 4.78 is 10.8. The van der Waals surface area contributed by atoms with E-state index in [4.69, 9.17) is 21.1 Å². The minimum absolute atomic E-state index is 0.134. The average molecular weight is 350 g/mol. The van der Waals surface area contributed by atoms with Crippen LogP contribution >= 0.6 is 11.6 Å². The van der Waals surface area contributed by atoms with Gasteiger partial charge in [0.1, 0.15) is 17.2 Å². The van der Waals surface area contributed by atoms with Gasteiger partial charge < -0.3 is 19.7 Å². The Hall–Kier alpha value is -1.95. The maximum atomic E-state index is 10.6. The number of methoxy groups -OCH3 is 2. The molecule has 2 aromatic rings. The lowest BCUT2D eigenvalue weighted by Crippen LogP contribution is -2.33. The second kappa shape index (κ2) is 6.89. The maximum Gasteiger partial charge on any atom is 0.125 e. The van der Waals surface area contributed by atoms with Crippen LogP contribution in [0.4, 0.5) is 0 Å². The lowest BCUT2D eigenvalue weighted by Gasteiger charge is -2.34. The molecule has 0 saturated carbocycles. The van der Waals surface area contributed by atoms with Crippen LogP contribution in [-0.2, 0) is 13.1 Å². The summed E-state index contributed by atoms with van der Waals surface area (Å²) in [6.45, 7) is 1.63. The Morgan fingerprint density at radius 3 is 2.54 bits per heavy atom. The number of benzene rings is 2. The topological polar surface area (TPSA) is 62.2 Å². The number of phenolic OH excluding ortho intramolecular Hbond substituents is 1. The molecule has 5 nitrogen and oxygen atoms in total. The lowest BCUT2D eigenvalue weighted by atomic mass is 9.95. The molecule has 0 saturated heterocycles. The Morgan fingerprint density at radius 2 is 1.88 bits per heavy atom. The molecule has 6 heteroatoms. The third-order valence-electron chi connectivity index (χ3n) is 4.21. The number of β-amino-alcohol motifs (C(OH)–C–C–N with tert-alkyl or cyclic N) is 1. The van der Waals surface area contributed by atoms with Crippen LogP contribution in [0.3, 0.4) is 0 Å². The van der Waals surface area contributed by atoms with Crippen molar-refractivity contribution in [2.24, 2.45) is 0 Å². The molecule has 0 aliphatic carbocycles. The van der Waals surface area contributed by atoms with Crippen molar-refractivity contribution < 1.29 is 19.7 Å². The van der Waals surface area contributed by atoms with Gasteiger partial charge in [-0.3, -0.25) is 4.90 Å². The molecule has 3 rings (SSSR count). The fraction of sp³-hybridized carbons (Fsp3) is 0.333. The number of hydrogen-bond acceptors (Lipinski definition) is 5. The van der Waals surface area contributed by atoms with Crippen LogP contribution in [0, 0.1) is 0 Å². The van der Waals surface area contributed by atoms with Gasteiger partial charge in [0.05, 0.1) is 20.3 Å². The number of rotatable bonds is 4. The molecule has 24 heavy (non-hydrogen) atoms. The van der Waals surface area contributed by atoms with Crippen molar-refractivity contribution in [1.29, 1.82) is 0 Å². The van der Waals surface area contributed by atoms with Crippen LogP contribution in [0.1, 0.15) is 22.8 Å². The van der Waals surface area contributed by atoms with Gasteiger partial charge in [-0.1, -0.05) is 11.6 Å². The van der Waals surface area contributed by atoms with Gasteiger partial charge >= 0.3 is 0 Å². The number of phenols is 1. The predicted octanol–water partition coefficient (Wildman–Crippen LogP) is 3.11. The second-order valence-corrected chi connectivity index (χ2v) is 6.30. The summed E-state index contributed by atoms with van der Waals surface area (Å²) in [6.07, 6.45) is -0.674. The second-order valence-electron chi connectivity index (χ2n) is 5.87. The standard InChI is InChI=1S/C18H20ClNO4/c1-23-16-3-4-17(24-2)18-14(16)9-20(10-15(18)22)8-11-5-12(19)7-13(21)6-11/h3-7,15,21-22H,8-10H2,1-2H3. The molecule has 0 aromatic heterocycles. The number of hydrogen-bond donors (Lipinski definition) is 2. The quantitative estimate of drug-likeness (QED) is 0.888. The number of aromatic hydroxyl groups is 1. The summed E-state index contributed by atoms with van der Waals surface area (Å²) in [5.41, 5.74) is 2.58. The minimum Gasteiger partial charge on any atom is -0.508 e. The first-order valence-electron chi connectivity index (χ1n) is 7.64. The Balaban J connectivity index is 1.91. The van der Waals surface area contributed by atoms with Gasteiger partial charge in [-0.15, -0.1) is 0 Å². The normalized spacial score (nSPS) is 17.4. The van der Waals surface area contributed by atoms with Gasteiger partial charge in [-0.05, 0) is 35.9 Å². The van der Waals surface area contributed by atoms with Crippen molar-refractivity contribution in [3.05, 3.63) is 52.0 Å².